The SMILES string of the molecule is CCCCCCCC[PH](CCC)(CCCCCC)CCCCCC. The van der Waals surface area contributed by atoms with Gasteiger partial charge in [0.1, 0.15) is 0 Å². The first-order valence-corrected chi connectivity index (χ1v) is 14.6. The van der Waals surface area contributed by atoms with Crippen molar-refractivity contribution >= 4 is 7.26 Å². The maximum absolute atomic E-state index is 2.45. The molecule has 0 saturated carbocycles. The van der Waals surface area contributed by atoms with E-state index in [0.29, 0.717) is 0 Å². The summed E-state index contributed by atoms with van der Waals surface area (Å²) in [5, 5.41) is 0. The minimum absolute atomic E-state index is 0.964. The van der Waals surface area contributed by atoms with E-state index >= 15 is 0 Å². The molecule has 0 amide bonds. The molecule has 0 unspecified atom stereocenters. The van der Waals surface area contributed by atoms with Gasteiger partial charge in [-0.15, -0.1) is 0 Å². The first-order valence-electron chi connectivity index (χ1n) is 11.7. The molecule has 148 valence electrons. The molecule has 24 heavy (non-hydrogen) atoms. The Kier molecular flexibility index (Phi) is 18.6. The van der Waals surface area contributed by atoms with E-state index in [0.717, 1.165) is 0 Å². The molecule has 0 spiro atoms. The monoisotopic (exact) mass is 358 g/mol. The molecule has 0 aromatic heterocycles. The van der Waals surface area contributed by atoms with Gasteiger partial charge in [0, 0.05) is 0 Å². The van der Waals surface area contributed by atoms with Crippen LogP contribution in [0.2, 0.25) is 0 Å². The summed E-state index contributed by atoms with van der Waals surface area (Å²) >= 11 is 0. The molecule has 0 atom stereocenters. The van der Waals surface area contributed by atoms with Crippen molar-refractivity contribution in [2.75, 3.05) is 24.6 Å². The topological polar surface area (TPSA) is 0 Å². The van der Waals surface area contributed by atoms with E-state index in [9.17, 15) is 0 Å². The molecule has 0 N–H and O–H groups in total. The standard InChI is InChI=1S/C23H51P/c1-5-9-12-15-16-19-23-24(20-8-4,21-17-13-10-6-2)22-18-14-11-7-3/h24H,5-23H2,1-4H3. The Morgan fingerprint density at radius 3 is 1.04 bits per heavy atom. The summed E-state index contributed by atoms with van der Waals surface area (Å²) in [5.41, 5.74) is 0. The summed E-state index contributed by atoms with van der Waals surface area (Å²) in [7, 11) is -0.964. The average Bonchev–Trinajstić information content (AvgIpc) is 2.59. The van der Waals surface area contributed by atoms with Crippen molar-refractivity contribution in [3.8, 4) is 0 Å². The summed E-state index contributed by atoms with van der Waals surface area (Å²) in [6, 6.07) is 0. The molecule has 0 bridgehead atoms. The van der Waals surface area contributed by atoms with Crippen LogP contribution in [0.1, 0.15) is 124 Å². The van der Waals surface area contributed by atoms with Gasteiger partial charge in [-0.2, -0.15) is 0 Å². The van der Waals surface area contributed by atoms with Crippen LogP contribution in [-0.4, -0.2) is 24.6 Å². The molecular formula is C23H51P. The van der Waals surface area contributed by atoms with Crippen molar-refractivity contribution in [1.82, 2.24) is 0 Å². The summed E-state index contributed by atoms with van der Waals surface area (Å²) in [6.45, 7) is 9.46. The third kappa shape index (κ3) is 13.7. The van der Waals surface area contributed by atoms with Gasteiger partial charge in [0.25, 0.3) is 0 Å². The third-order valence-corrected chi connectivity index (χ3v) is 11.8. The molecule has 0 aliphatic heterocycles. The first kappa shape index (κ1) is 24.4. The van der Waals surface area contributed by atoms with Crippen LogP contribution in [-0.2, 0) is 0 Å². The number of rotatable bonds is 19. The molecule has 0 aromatic rings. The fourth-order valence-electron chi connectivity index (χ4n) is 4.41. The maximum atomic E-state index is 2.45. The van der Waals surface area contributed by atoms with Gasteiger partial charge in [-0.1, -0.05) is 0 Å². The predicted molar refractivity (Wildman–Crippen MR) is 120 cm³/mol. The van der Waals surface area contributed by atoms with Crippen molar-refractivity contribution in [2.45, 2.75) is 124 Å². The van der Waals surface area contributed by atoms with Crippen LogP contribution in [0.4, 0.5) is 0 Å². The fourth-order valence-corrected chi connectivity index (χ4v) is 9.97. The van der Waals surface area contributed by atoms with Crippen LogP contribution >= 0.6 is 7.26 Å². The van der Waals surface area contributed by atoms with Crippen LogP contribution in [0.15, 0.2) is 0 Å². The molecule has 0 radical (unpaired) electrons. The minimum atomic E-state index is -0.964. The Labute approximate surface area is 156 Å². The van der Waals surface area contributed by atoms with Gasteiger partial charge in [0.05, 0.1) is 0 Å². The zero-order valence-corrected chi connectivity index (χ0v) is 18.9. The Hall–Kier alpha value is 0.430. The molecule has 0 saturated heterocycles. The average molecular weight is 359 g/mol. The zero-order valence-electron chi connectivity index (χ0n) is 17.9. The second-order valence-corrected chi connectivity index (χ2v) is 13.4. The molecule has 0 aliphatic carbocycles. The molecule has 0 heterocycles. The van der Waals surface area contributed by atoms with E-state index in [2.05, 4.69) is 27.7 Å². The van der Waals surface area contributed by atoms with Crippen molar-refractivity contribution in [3.63, 3.8) is 0 Å². The van der Waals surface area contributed by atoms with Crippen LogP contribution in [0.5, 0.6) is 0 Å². The van der Waals surface area contributed by atoms with Crippen LogP contribution in [0.25, 0.3) is 0 Å². The predicted octanol–water partition coefficient (Wildman–Crippen LogP) is 8.67. The van der Waals surface area contributed by atoms with Gasteiger partial charge in [-0.3, -0.25) is 0 Å². The Morgan fingerprint density at radius 1 is 0.333 bits per heavy atom. The van der Waals surface area contributed by atoms with Crippen molar-refractivity contribution in [1.29, 1.82) is 0 Å². The number of hydrogen-bond acceptors (Lipinski definition) is 0. The van der Waals surface area contributed by atoms with E-state index in [4.69, 9.17) is 0 Å². The Bertz CT molecular complexity index is 224. The van der Waals surface area contributed by atoms with E-state index in [-0.39, 0.29) is 0 Å². The quantitative estimate of drug-likeness (QED) is 0.160. The van der Waals surface area contributed by atoms with Gasteiger partial charge in [-0.05, 0) is 0 Å². The molecule has 1 heteroatoms. The van der Waals surface area contributed by atoms with Crippen LogP contribution in [0.3, 0.4) is 0 Å². The van der Waals surface area contributed by atoms with Crippen LogP contribution in [0, 0.1) is 0 Å². The van der Waals surface area contributed by atoms with Gasteiger partial charge >= 0.3 is 156 Å². The van der Waals surface area contributed by atoms with E-state index in [1.54, 1.807) is 43.9 Å². The first-order chi connectivity index (χ1) is 11.7. The third-order valence-electron chi connectivity index (χ3n) is 5.96. The zero-order chi connectivity index (χ0) is 17.9. The molecular weight excluding hydrogens is 307 g/mol. The summed E-state index contributed by atoms with van der Waals surface area (Å²) in [4.78, 5) is 0. The molecule has 0 rings (SSSR count). The van der Waals surface area contributed by atoms with Crippen LogP contribution < -0.4 is 0 Å². The Balaban J connectivity index is 4.36. The molecule has 0 fully saturated rings. The van der Waals surface area contributed by atoms with E-state index in [1.807, 2.05) is 0 Å². The second-order valence-electron chi connectivity index (χ2n) is 8.39. The summed E-state index contributed by atoms with van der Waals surface area (Å²) < 4.78 is 0. The van der Waals surface area contributed by atoms with Crippen molar-refractivity contribution in [2.24, 2.45) is 0 Å². The van der Waals surface area contributed by atoms with E-state index in [1.165, 1.54) is 77.0 Å². The second kappa shape index (κ2) is 18.2. The molecule has 0 aromatic carbocycles. The van der Waals surface area contributed by atoms with E-state index < -0.39 is 7.26 Å². The van der Waals surface area contributed by atoms with Gasteiger partial charge in [0.2, 0.25) is 0 Å². The Morgan fingerprint density at radius 2 is 0.667 bits per heavy atom. The van der Waals surface area contributed by atoms with Gasteiger partial charge in [-0.25, -0.2) is 0 Å². The molecule has 0 nitrogen and oxygen atoms in total. The molecule has 0 aliphatic rings. The van der Waals surface area contributed by atoms with Gasteiger partial charge in [0.15, 0.2) is 0 Å². The fraction of sp³-hybridized carbons (Fsp3) is 1.00. The number of hydrogen-bond donors (Lipinski definition) is 0. The summed E-state index contributed by atoms with van der Waals surface area (Å²) in [6.07, 6.45) is 28.7. The van der Waals surface area contributed by atoms with Crippen molar-refractivity contribution < 1.29 is 0 Å². The van der Waals surface area contributed by atoms with Crippen molar-refractivity contribution in [3.05, 3.63) is 0 Å². The number of unbranched alkanes of at least 4 members (excludes halogenated alkanes) is 11. The van der Waals surface area contributed by atoms with Gasteiger partial charge < -0.3 is 0 Å². The normalized spacial score (nSPS) is 12.7. The summed E-state index contributed by atoms with van der Waals surface area (Å²) in [5.74, 6) is 0.